The molecule has 1 aliphatic rings. The molecule has 0 saturated heterocycles. The Morgan fingerprint density at radius 2 is 2.00 bits per heavy atom. The zero-order chi connectivity index (χ0) is 19.2. The Labute approximate surface area is 174 Å². The van der Waals surface area contributed by atoms with Crippen LogP contribution in [0.3, 0.4) is 0 Å². The molecular weight excluding hydrogens is 458 g/mol. The van der Waals surface area contributed by atoms with E-state index in [-0.39, 0.29) is 24.4 Å². The third kappa shape index (κ3) is 5.62. The van der Waals surface area contributed by atoms with Crippen LogP contribution in [0.5, 0.6) is 17.2 Å². The maximum atomic E-state index is 11.8. The highest BCUT2D eigenvalue weighted by molar-refractivity contribution is 9.10. The molecule has 0 bridgehead atoms. The number of hydrogen-bond acceptors (Lipinski definition) is 5. The van der Waals surface area contributed by atoms with Crippen molar-refractivity contribution in [3.05, 3.63) is 51.5 Å². The van der Waals surface area contributed by atoms with Gasteiger partial charge in [0.2, 0.25) is 6.79 Å². The molecule has 142 valence electrons. The topological polar surface area (TPSA) is 80.9 Å². The minimum absolute atomic E-state index is 0.183. The lowest BCUT2D eigenvalue weighted by Crippen LogP contribution is -2.48. The van der Waals surface area contributed by atoms with Crippen molar-refractivity contribution in [3.8, 4) is 17.2 Å². The summed E-state index contributed by atoms with van der Waals surface area (Å²) in [6.07, 6.45) is 0. The Morgan fingerprint density at radius 3 is 2.81 bits per heavy atom. The second-order valence-corrected chi connectivity index (χ2v) is 7.11. The predicted octanol–water partition coefficient (Wildman–Crippen LogP) is 2.91. The van der Waals surface area contributed by atoms with E-state index in [1.165, 1.54) is 0 Å². The van der Waals surface area contributed by atoms with E-state index in [0.29, 0.717) is 27.5 Å². The average Bonchev–Trinajstić information content (AvgIpc) is 3.11. The van der Waals surface area contributed by atoms with Crippen molar-refractivity contribution in [3.63, 3.8) is 0 Å². The molecule has 0 fully saturated rings. The standard InChI is InChI=1S/C17H15BrClN3O4S/c18-12-6-11(19)2-4-13(12)24-8-16(23)21-22-17(27)20-7-10-1-3-14-15(5-10)26-9-25-14/h1-6H,7-9H2,(H,21,23)(H2,20,22,27). The zero-order valence-electron chi connectivity index (χ0n) is 13.9. The lowest BCUT2D eigenvalue weighted by molar-refractivity contribution is -0.123. The molecule has 0 atom stereocenters. The highest BCUT2D eigenvalue weighted by Gasteiger charge is 2.13. The molecule has 0 radical (unpaired) electrons. The van der Waals surface area contributed by atoms with Crippen molar-refractivity contribution in [1.29, 1.82) is 0 Å². The number of carbonyl (C=O) groups is 1. The Kier molecular flexibility index (Phi) is 6.59. The van der Waals surface area contributed by atoms with Crippen LogP contribution >= 0.6 is 39.7 Å². The molecule has 3 rings (SSSR count). The fourth-order valence-corrected chi connectivity index (χ4v) is 3.10. The van der Waals surface area contributed by atoms with Crippen molar-refractivity contribution in [2.24, 2.45) is 0 Å². The first-order valence-corrected chi connectivity index (χ1v) is 9.38. The second kappa shape index (κ2) is 9.12. The van der Waals surface area contributed by atoms with Gasteiger partial charge in [0.15, 0.2) is 23.2 Å². The van der Waals surface area contributed by atoms with Gasteiger partial charge >= 0.3 is 0 Å². The summed E-state index contributed by atoms with van der Waals surface area (Å²) < 4.78 is 16.7. The number of amides is 1. The van der Waals surface area contributed by atoms with Gasteiger partial charge in [0.25, 0.3) is 5.91 Å². The van der Waals surface area contributed by atoms with Crippen LogP contribution in [-0.4, -0.2) is 24.4 Å². The maximum Gasteiger partial charge on any atom is 0.276 e. The SMILES string of the molecule is O=C(COc1ccc(Cl)cc1Br)NNC(=S)NCc1ccc2c(c1)OCO2. The summed E-state index contributed by atoms with van der Waals surface area (Å²) in [7, 11) is 0. The van der Waals surface area contributed by atoms with Gasteiger partial charge in [-0.05, 0) is 64.0 Å². The number of rotatable bonds is 5. The number of halogens is 2. The van der Waals surface area contributed by atoms with Gasteiger partial charge in [0.05, 0.1) is 4.47 Å². The minimum Gasteiger partial charge on any atom is -0.483 e. The van der Waals surface area contributed by atoms with Gasteiger partial charge in [-0.1, -0.05) is 17.7 Å². The summed E-state index contributed by atoms with van der Waals surface area (Å²) in [6.45, 7) is 0.511. The van der Waals surface area contributed by atoms with Crippen LogP contribution in [0.2, 0.25) is 5.02 Å². The van der Waals surface area contributed by atoms with Crippen molar-refractivity contribution >= 4 is 50.8 Å². The predicted molar refractivity (Wildman–Crippen MR) is 108 cm³/mol. The molecule has 0 unspecified atom stereocenters. The van der Waals surface area contributed by atoms with Crippen LogP contribution in [0.15, 0.2) is 40.9 Å². The van der Waals surface area contributed by atoms with Crippen LogP contribution < -0.4 is 30.4 Å². The summed E-state index contributed by atoms with van der Waals surface area (Å²) in [5.41, 5.74) is 6.04. The van der Waals surface area contributed by atoms with Crippen LogP contribution in [0, 0.1) is 0 Å². The lowest BCUT2D eigenvalue weighted by Gasteiger charge is -2.13. The molecule has 1 heterocycles. The maximum absolute atomic E-state index is 11.8. The number of fused-ring (bicyclic) bond motifs is 1. The third-order valence-electron chi connectivity index (χ3n) is 3.46. The van der Waals surface area contributed by atoms with E-state index in [2.05, 4.69) is 32.1 Å². The van der Waals surface area contributed by atoms with E-state index in [0.717, 1.165) is 11.3 Å². The van der Waals surface area contributed by atoms with E-state index in [1.807, 2.05) is 18.2 Å². The third-order valence-corrected chi connectivity index (χ3v) is 4.56. The number of carbonyl (C=O) groups excluding carboxylic acids is 1. The number of hydrogen-bond donors (Lipinski definition) is 3. The molecule has 0 spiro atoms. The van der Waals surface area contributed by atoms with E-state index >= 15 is 0 Å². The molecule has 0 aromatic heterocycles. The first kappa shape index (κ1) is 19.5. The fraction of sp³-hybridized carbons (Fsp3) is 0.176. The number of nitrogens with one attached hydrogen (secondary N) is 3. The Balaban J connectivity index is 1.37. The van der Waals surface area contributed by atoms with Crippen molar-refractivity contribution < 1.29 is 19.0 Å². The summed E-state index contributed by atoms with van der Waals surface area (Å²) in [6, 6.07) is 10.6. The van der Waals surface area contributed by atoms with Gasteiger partial charge in [0, 0.05) is 11.6 Å². The van der Waals surface area contributed by atoms with Crippen LogP contribution in [0.1, 0.15) is 5.56 Å². The molecular formula is C17H15BrClN3O4S. The fourth-order valence-electron chi connectivity index (χ4n) is 2.18. The Bertz CT molecular complexity index is 868. The lowest BCUT2D eigenvalue weighted by atomic mass is 10.2. The first-order valence-electron chi connectivity index (χ1n) is 7.80. The highest BCUT2D eigenvalue weighted by atomic mass is 79.9. The Morgan fingerprint density at radius 1 is 1.19 bits per heavy atom. The summed E-state index contributed by atoms with van der Waals surface area (Å²) in [5, 5.41) is 3.82. The molecule has 27 heavy (non-hydrogen) atoms. The average molecular weight is 473 g/mol. The summed E-state index contributed by atoms with van der Waals surface area (Å²) in [5.74, 6) is 1.55. The second-order valence-electron chi connectivity index (χ2n) is 5.41. The van der Waals surface area contributed by atoms with Crippen molar-refractivity contribution in [2.75, 3.05) is 13.4 Å². The van der Waals surface area contributed by atoms with Gasteiger partial charge in [-0.15, -0.1) is 0 Å². The Hall–Kier alpha value is -2.23. The zero-order valence-corrected chi connectivity index (χ0v) is 17.0. The van der Waals surface area contributed by atoms with Crippen molar-refractivity contribution in [1.82, 2.24) is 16.2 Å². The molecule has 0 saturated carbocycles. The smallest absolute Gasteiger partial charge is 0.276 e. The van der Waals surface area contributed by atoms with Gasteiger partial charge in [-0.25, -0.2) is 0 Å². The van der Waals surface area contributed by atoms with Crippen LogP contribution in [0.25, 0.3) is 0 Å². The van der Waals surface area contributed by atoms with Crippen LogP contribution in [0.4, 0.5) is 0 Å². The molecule has 7 nitrogen and oxygen atoms in total. The summed E-state index contributed by atoms with van der Waals surface area (Å²) in [4.78, 5) is 11.8. The van der Waals surface area contributed by atoms with Gasteiger partial charge in [-0.2, -0.15) is 0 Å². The normalized spacial score (nSPS) is 11.6. The highest BCUT2D eigenvalue weighted by Crippen LogP contribution is 2.32. The molecule has 0 aliphatic carbocycles. The molecule has 10 heteroatoms. The largest absolute Gasteiger partial charge is 0.483 e. The molecule has 2 aromatic rings. The number of ether oxygens (including phenoxy) is 3. The van der Waals surface area contributed by atoms with Gasteiger partial charge in [0.1, 0.15) is 5.75 Å². The number of benzene rings is 2. The van der Waals surface area contributed by atoms with Gasteiger partial charge in [-0.3, -0.25) is 15.6 Å². The first-order chi connectivity index (χ1) is 13.0. The van der Waals surface area contributed by atoms with Crippen LogP contribution in [-0.2, 0) is 11.3 Å². The van der Waals surface area contributed by atoms with Crippen molar-refractivity contribution in [2.45, 2.75) is 6.54 Å². The van der Waals surface area contributed by atoms with E-state index in [4.69, 9.17) is 38.0 Å². The monoisotopic (exact) mass is 471 g/mol. The number of hydrazine groups is 1. The van der Waals surface area contributed by atoms with E-state index < -0.39 is 0 Å². The van der Waals surface area contributed by atoms with E-state index in [9.17, 15) is 4.79 Å². The summed E-state index contributed by atoms with van der Waals surface area (Å²) >= 11 is 14.3. The molecule has 3 N–H and O–H groups in total. The molecule has 1 aliphatic heterocycles. The molecule has 2 aromatic carbocycles. The number of thiocarbonyl (C=S) groups is 1. The van der Waals surface area contributed by atoms with E-state index in [1.54, 1.807) is 18.2 Å². The molecule has 1 amide bonds. The minimum atomic E-state index is -0.385. The quantitative estimate of drug-likeness (QED) is 0.456. The van der Waals surface area contributed by atoms with Gasteiger partial charge < -0.3 is 19.5 Å².